The fourth-order valence-corrected chi connectivity index (χ4v) is 3.53. The molecule has 2 nitrogen and oxygen atoms in total. The summed E-state index contributed by atoms with van der Waals surface area (Å²) in [5, 5.41) is 14.4. The predicted octanol–water partition coefficient (Wildman–Crippen LogP) is 3.98. The van der Waals surface area contributed by atoms with Crippen molar-refractivity contribution in [1.82, 2.24) is 5.32 Å². The summed E-state index contributed by atoms with van der Waals surface area (Å²) >= 11 is 0. The summed E-state index contributed by atoms with van der Waals surface area (Å²) in [4.78, 5) is 0. The Bertz CT molecular complexity index is 242. The van der Waals surface area contributed by atoms with Gasteiger partial charge in [-0.2, -0.15) is 0 Å². The average molecular weight is 269 g/mol. The SMILES string of the molecule is CC(C)CC(CC(C)C)NCC1(O)CCCC(C)C1. The van der Waals surface area contributed by atoms with E-state index in [1.807, 2.05) is 0 Å². The van der Waals surface area contributed by atoms with Gasteiger partial charge >= 0.3 is 0 Å². The molecule has 1 saturated carbocycles. The van der Waals surface area contributed by atoms with Crippen LogP contribution in [-0.4, -0.2) is 23.3 Å². The van der Waals surface area contributed by atoms with E-state index in [0.29, 0.717) is 12.0 Å². The van der Waals surface area contributed by atoms with E-state index in [4.69, 9.17) is 0 Å². The van der Waals surface area contributed by atoms with E-state index >= 15 is 0 Å². The summed E-state index contributed by atoms with van der Waals surface area (Å²) in [6, 6.07) is 0.557. The van der Waals surface area contributed by atoms with E-state index < -0.39 is 5.60 Å². The molecule has 1 aliphatic carbocycles. The lowest BCUT2D eigenvalue weighted by atomic mass is 9.78. The van der Waals surface area contributed by atoms with Gasteiger partial charge in [0.2, 0.25) is 0 Å². The Balaban J connectivity index is 2.45. The van der Waals surface area contributed by atoms with Gasteiger partial charge in [-0.3, -0.25) is 0 Å². The van der Waals surface area contributed by atoms with Gasteiger partial charge < -0.3 is 10.4 Å². The van der Waals surface area contributed by atoms with Crippen LogP contribution < -0.4 is 5.32 Å². The molecule has 0 spiro atoms. The number of aliphatic hydroxyl groups is 1. The molecule has 1 rings (SSSR count). The standard InChI is InChI=1S/C17H35NO/c1-13(2)9-16(10-14(3)4)18-12-17(19)8-6-7-15(5)11-17/h13-16,18-19H,6-12H2,1-5H3. The van der Waals surface area contributed by atoms with Gasteiger partial charge in [0.05, 0.1) is 5.60 Å². The second kappa shape index (κ2) is 7.64. The summed E-state index contributed by atoms with van der Waals surface area (Å²) in [6.07, 6.45) is 6.83. The minimum absolute atomic E-state index is 0.454. The molecule has 0 heterocycles. The molecule has 2 heteroatoms. The third kappa shape index (κ3) is 6.76. The zero-order valence-electron chi connectivity index (χ0n) is 13.7. The molecule has 0 aromatic heterocycles. The van der Waals surface area contributed by atoms with Gasteiger partial charge in [0.15, 0.2) is 0 Å². The van der Waals surface area contributed by atoms with Crippen molar-refractivity contribution in [3.63, 3.8) is 0 Å². The highest BCUT2D eigenvalue weighted by molar-refractivity contribution is 4.88. The first kappa shape index (κ1) is 17.0. The zero-order valence-corrected chi connectivity index (χ0v) is 13.7. The lowest BCUT2D eigenvalue weighted by Gasteiger charge is -2.37. The molecule has 0 radical (unpaired) electrons. The number of hydrogen-bond acceptors (Lipinski definition) is 2. The highest BCUT2D eigenvalue weighted by Crippen LogP contribution is 2.32. The van der Waals surface area contributed by atoms with Crippen LogP contribution in [0, 0.1) is 17.8 Å². The summed E-state index contributed by atoms with van der Waals surface area (Å²) < 4.78 is 0. The second-order valence-electron chi connectivity index (χ2n) is 7.76. The van der Waals surface area contributed by atoms with Crippen molar-refractivity contribution in [2.24, 2.45) is 17.8 Å². The van der Waals surface area contributed by atoms with E-state index in [0.717, 1.165) is 31.2 Å². The summed E-state index contributed by atoms with van der Waals surface area (Å²) in [7, 11) is 0. The monoisotopic (exact) mass is 269 g/mol. The number of nitrogens with one attached hydrogen (secondary N) is 1. The Morgan fingerprint density at radius 3 is 2.21 bits per heavy atom. The van der Waals surface area contributed by atoms with Crippen LogP contribution >= 0.6 is 0 Å². The van der Waals surface area contributed by atoms with Gasteiger partial charge in [0, 0.05) is 12.6 Å². The van der Waals surface area contributed by atoms with Crippen LogP contribution in [0.25, 0.3) is 0 Å². The van der Waals surface area contributed by atoms with Crippen molar-refractivity contribution in [2.45, 2.75) is 84.8 Å². The van der Waals surface area contributed by atoms with Gasteiger partial charge in [0.1, 0.15) is 0 Å². The van der Waals surface area contributed by atoms with Crippen molar-refractivity contribution in [3.05, 3.63) is 0 Å². The topological polar surface area (TPSA) is 32.3 Å². The van der Waals surface area contributed by atoms with Crippen molar-refractivity contribution in [1.29, 1.82) is 0 Å². The highest BCUT2D eigenvalue weighted by atomic mass is 16.3. The Hall–Kier alpha value is -0.0800. The van der Waals surface area contributed by atoms with E-state index in [2.05, 4.69) is 39.9 Å². The molecule has 1 aliphatic rings. The van der Waals surface area contributed by atoms with E-state index in [-0.39, 0.29) is 0 Å². The van der Waals surface area contributed by atoms with Gasteiger partial charge in [-0.05, 0) is 43.4 Å². The first-order valence-electron chi connectivity index (χ1n) is 8.26. The smallest absolute Gasteiger partial charge is 0.0774 e. The van der Waals surface area contributed by atoms with E-state index in [1.54, 1.807) is 0 Å². The molecule has 114 valence electrons. The molecule has 0 aromatic rings. The van der Waals surface area contributed by atoms with Gasteiger partial charge in [-0.1, -0.05) is 47.5 Å². The van der Waals surface area contributed by atoms with Crippen LogP contribution in [0.5, 0.6) is 0 Å². The first-order chi connectivity index (χ1) is 8.81. The molecule has 2 unspecified atom stereocenters. The molecule has 2 N–H and O–H groups in total. The normalized spacial score (nSPS) is 28.6. The lowest BCUT2D eigenvalue weighted by molar-refractivity contribution is -0.0146. The highest BCUT2D eigenvalue weighted by Gasteiger charge is 2.32. The maximum absolute atomic E-state index is 10.7. The summed E-state index contributed by atoms with van der Waals surface area (Å²) in [6.45, 7) is 12.2. The van der Waals surface area contributed by atoms with Crippen LogP contribution in [0.4, 0.5) is 0 Å². The van der Waals surface area contributed by atoms with Crippen LogP contribution in [0.15, 0.2) is 0 Å². The quantitative estimate of drug-likeness (QED) is 0.733. The van der Waals surface area contributed by atoms with E-state index in [1.165, 1.54) is 25.7 Å². The molecule has 0 amide bonds. The second-order valence-corrected chi connectivity index (χ2v) is 7.76. The third-order valence-electron chi connectivity index (χ3n) is 4.30. The maximum Gasteiger partial charge on any atom is 0.0774 e. The first-order valence-corrected chi connectivity index (χ1v) is 8.26. The molecule has 0 aromatic carbocycles. The molecule has 19 heavy (non-hydrogen) atoms. The Labute approximate surface area is 120 Å². The zero-order chi connectivity index (χ0) is 14.5. The molecule has 2 atom stereocenters. The van der Waals surface area contributed by atoms with Crippen molar-refractivity contribution >= 4 is 0 Å². The predicted molar refractivity (Wildman–Crippen MR) is 83.3 cm³/mol. The van der Waals surface area contributed by atoms with Crippen LogP contribution in [0.2, 0.25) is 0 Å². The Kier molecular flexibility index (Phi) is 6.82. The average Bonchev–Trinajstić information content (AvgIpc) is 2.24. The van der Waals surface area contributed by atoms with Crippen LogP contribution in [-0.2, 0) is 0 Å². The lowest BCUT2D eigenvalue weighted by Crippen LogP contribution is -2.47. The molecular formula is C17H35NO. The van der Waals surface area contributed by atoms with E-state index in [9.17, 15) is 5.11 Å². The molecule has 1 fully saturated rings. The largest absolute Gasteiger partial charge is 0.389 e. The van der Waals surface area contributed by atoms with Crippen molar-refractivity contribution in [2.75, 3.05) is 6.54 Å². The summed E-state index contributed by atoms with van der Waals surface area (Å²) in [5.74, 6) is 2.11. The molecule has 0 saturated heterocycles. The Morgan fingerprint density at radius 2 is 1.74 bits per heavy atom. The van der Waals surface area contributed by atoms with Gasteiger partial charge in [0.25, 0.3) is 0 Å². The summed E-state index contributed by atoms with van der Waals surface area (Å²) in [5.41, 5.74) is -0.454. The number of rotatable bonds is 7. The van der Waals surface area contributed by atoms with Crippen LogP contribution in [0.3, 0.4) is 0 Å². The molecule has 0 aliphatic heterocycles. The molecular weight excluding hydrogens is 234 g/mol. The van der Waals surface area contributed by atoms with Gasteiger partial charge in [-0.15, -0.1) is 0 Å². The van der Waals surface area contributed by atoms with Crippen LogP contribution in [0.1, 0.15) is 73.1 Å². The fraction of sp³-hybridized carbons (Fsp3) is 1.00. The number of hydrogen-bond donors (Lipinski definition) is 2. The third-order valence-corrected chi connectivity index (χ3v) is 4.30. The molecule has 0 bridgehead atoms. The fourth-order valence-electron chi connectivity index (χ4n) is 3.53. The van der Waals surface area contributed by atoms with Gasteiger partial charge in [-0.25, -0.2) is 0 Å². The minimum Gasteiger partial charge on any atom is -0.389 e. The minimum atomic E-state index is -0.454. The maximum atomic E-state index is 10.7. The van der Waals surface area contributed by atoms with Crippen molar-refractivity contribution < 1.29 is 5.11 Å². The van der Waals surface area contributed by atoms with Crippen molar-refractivity contribution in [3.8, 4) is 0 Å². The Morgan fingerprint density at radius 1 is 1.16 bits per heavy atom.